The van der Waals surface area contributed by atoms with Gasteiger partial charge in [0.25, 0.3) is 0 Å². The second-order valence-corrected chi connectivity index (χ2v) is 5.02. The molecule has 0 N–H and O–H groups in total. The van der Waals surface area contributed by atoms with E-state index in [-0.39, 0.29) is 5.91 Å². The number of carbonyl (C=O) groups excluding carboxylic acids is 1. The second-order valence-electron chi connectivity index (χ2n) is 5.02. The molecule has 0 aliphatic heterocycles. The van der Waals surface area contributed by atoms with Crippen molar-refractivity contribution in [2.24, 2.45) is 0 Å². The van der Waals surface area contributed by atoms with E-state index >= 15 is 0 Å². The van der Waals surface area contributed by atoms with Crippen LogP contribution in [0.3, 0.4) is 0 Å². The van der Waals surface area contributed by atoms with Crippen molar-refractivity contribution in [1.29, 1.82) is 0 Å². The predicted molar refractivity (Wildman–Crippen MR) is 82.7 cm³/mol. The number of aryl methyl sites for hydroxylation is 2. The number of amides is 1. The lowest BCUT2D eigenvalue weighted by Gasteiger charge is -2.18. The average Bonchev–Trinajstić information content (AvgIpc) is 2.47. The number of nitrogens with zero attached hydrogens (tertiary/aromatic N) is 2. The first-order valence-electron chi connectivity index (χ1n) is 7.28. The summed E-state index contributed by atoms with van der Waals surface area (Å²) in [5, 5.41) is 1.16. The summed E-state index contributed by atoms with van der Waals surface area (Å²) in [7, 11) is 0. The fourth-order valence-corrected chi connectivity index (χ4v) is 2.44. The van der Waals surface area contributed by atoms with Crippen molar-refractivity contribution in [3.05, 3.63) is 41.6 Å². The van der Waals surface area contributed by atoms with Crippen LogP contribution in [0.4, 0.5) is 0 Å². The average molecular weight is 270 g/mol. The van der Waals surface area contributed by atoms with E-state index in [1.165, 1.54) is 5.56 Å². The van der Waals surface area contributed by atoms with Crippen LogP contribution in [0.15, 0.2) is 30.3 Å². The highest BCUT2D eigenvalue weighted by Gasteiger charge is 2.10. The Morgan fingerprint density at radius 1 is 1.15 bits per heavy atom. The van der Waals surface area contributed by atoms with Gasteiger partial charge in [-0.2, -0.15) is 0 Å². The summed E-state index contributed by atoms with van der Waals surface area (Å²) in [4.78, 5) is 18.6. The molecule has 1 heterocycles. The molecule has 0 spiro atoms. The minimum atomic E-state index is 0.210. The zero-order valence-electron chi connectivity index (χ0n) is 12.5. The number of carbonyl (C=O) groups is 1. The van der Waals surface area contributed by atoms with Gasteiger partial charge in [0.15, 0.2) is 0 Å². The Kier molecular flexibility index (Phi) is 4.72. The Labute approximate surface area is 120 Å². The third-order valence-corrected chi connectivity index (χ3v) is 3.69. The Balaban J connectivity index is 2.11. The molecule has 0 fully saturated rings. The van der Waals surface area contributed by atoms with Crippen LogP contribution in [-0.2, 0) is 11.2 Å². The van der Waals surface area contributed by atoms with Crippen LogP contribution in [0.5, 0.6) is 0 Å². The van der Waals surface area contributed by atoms with Crippen molar-refractivity contribution in [3.63, 3.8) is 0 Å². The SMILES string of the molecule is CCN(CC)C(=O)CCc1ccc2cccc(C)c2n1. The number of benzene rings is 1. The van der Waals surface area contributed by atoms with Crippen LogP contribution < -0.4 is 0 Å². The van der Waals surface area contributed by atoms with Crippen molar-refractivity contribution in [1.82, 2.24) is 9.88 Å². The molecule has 0 aliphatic carbocycles. The van der Waals surface area contributed by atoms with Crippen LogP contribution in [0.1, 0.15) is 31.5 Å². The van der Waals surface area contributed by atoms with Crippen LogP contribution in [0, 0.1) is 6.92 Å². The first-order chi connectivity index (χ1) is 9.65. The van der Waals surface area contributed by atoms with Gasteiger partial charge in [0.05, 0.1) is 5.52 Å². The molecule has 0 bridgehead atoms. The summed E-state index contributed by atoms with van der Waals surface area (Å²) < 4.78 is 0. The van der Waals surface area contributed by atoms with Gasteiger partial charge in [0.2, 0.25) is 5.91 Å². The Morgan fingerprint density at radius 2 is 1.90 bits per heavy atom. The van der Waals surface area contributed by atoms with Crippen LogP contribution >= 0.6 is 0 Å². The summed E-state index contributed by atoms with van der Waals surface area (Å²) in [6, 6.07) is 10.3. The molecule has 2 aromatic rings. The van der Waals surface area contributed by atoms with E-state index < -0.39 is 0 Å². The minimum Gasteiger partial charge on any atom is -0.343 e. The quantitative estimate of drug-likeness (QED) is 0.835. The van der Waals surface area contributed by atoms with Crippen molar-refractivity contribution < 1.29 is 4.79 Å². The van der Waals surface area contributed by atoms with E-state index in [9.17, 15) is 4.79 Å². The summed E-state index contributed by atoms with van der Waals surface area (Å²) >= 11 is 0. The van der Waals surface area contributed by atoms with Crippen molar-refractivity contribution in [2.45, 2.75) is 33.6 Å². The number of hydrogen-bond acceptors (Lipinski definition) is 2. The van der Waals surface area contributed by atoms with E-state index in [0.717, 1.165) is 29.7 Å². The zero-order valence-corrected chi connectivity index (χ0v) is 12.5. The van der Waals surface area contributed by atoms with Gasteiger partial charge in [0.1, 0.15) is 0 Å². The van der Waals surface area contributed by atoms with Crippen LogP contribution in [0.2, 0.25) is 0 Å². The van der Waals surface area contributed by atoms with Gasteiger partial charge in [-0.05, 0) is 38.8 Å². The van der Waals surface area contributed by atoms with E-state index in [4.69, 9.17) is 0 Å². The Bertz CT molecular complexity index is 603. The number of para-hydroxylation sites is 1. The van der Waals surface area contributed by atoms with Gasteiger partial charge in [-0.15, -0.1) is 0 Å². The van der Waals surface area contributed by atoms with Crippen LogP contribution in [0.25, 0.3) is 10.9 Å². The highest BCUT2D eigenvalue weighted by atomic mass is 16.2. The molecule has 1 amide bonds. The number of rotatable bonds is 5. The van der Waals surface area contributed by atoms with Gasteiger partial charge in [-0.3, -0.25) is 9.78 Å². The predicted octanol–water partition coefficient (Wildman–Crippen LogP) is 3.34. The van der Waals surface area contributed by atoms with Crippen molar-refractivity contribution >= 4 is 16.8 Å². The van der Waals surface area contributed by atoms with Crippen molar-refractivity contribution in [2.75, 3.05) is 13.1 Å². The molecule has 106 valence electrons. The molecule has 0 saturated heterocycles. The lowest BCUT2D eigenvalue weighted by molar-refractivity contribution is -0.130. The monoisotopic (exact) mass is 270 g/mol. The van der Waals surface area contributed by atoms with E-state index in [2.05, 4.69) is 30.1 Å². The fraction of sp³-hybridized carbons (Fsp3) is 0.412. The number of hydrogen-bond donors (Lipinski definition) is 0. The van der Waals surface area contributed by atoms with E-state index in [0.29, 0.717) is 12.8 Å². The molecule has 3 nitrogen and oxygen atoms in total. The number of aromatic nitrogens is 1. The molecule has 1 aromatic carbocycles. The maximum Gasteiger partial charge on any atom is 0.222 e. The first-order valence-corrected chi connectivity index (χ1v) is 7.28. The molecule has 3 heteroatoms. The summed E-state index contributed by atoms with van der Waals surface area (Å²) in [5.41, 5.74) is 3.21. The molecular formula is C17H22N2O. The van der Waals surface area contributed by atoms with Crippen molar-refractivity contribution in [3.8, 4) is 0 Å². The minimum absolute atomic E-state index is 0.210. The van der Waals surface area contributed by atoms with Gasteiger partial charge in [-0.25, -0.2) is 0 Å². The van der Waals surface area contributed by atoms with Crippen LogP contribution in [-0.4, -0.2) is 28.9 Å². The number of fused-ring (bicyclic) bond motifs is 1. The summed E-state index contributed by atoms with van der Waals surface area (Å²) in [6.07, 6.45) is 1.24. The van der Waals surface area contributed by atoms with E-state index in [1.54, 1.807) is 0 Å². The highest BCUT2D eigenvalue weighted by Crippen LogP contribution is 2.17. The molecule has 0 saturated carbocycles. The number of pyridine rings is 1. The smallest absolute Gasteiger partial charge is 0.222 e. The maximum atomic E-state index is 12.0. The molecule has 2 rings (SSSR count). The van der Waals surface area contributed by atoms with Gasteiger partial charge >= 0.3 is 0 Å². The second kappa shape index (κ2) is 6.51. The van der Waals surface area contributed by atoms with Gasteiger partial charge in [0, 0.05) is 30.6 Å². The van der Waals surface area contributed by atoms with Gasteiger partial charge < -0.3 is 4.90 Å². The molecule has 20 heavy (non-hydrogen) atoms. The zero-order chi connectivity index (χ0) is 14.5. The Morgan fingerprint density at radius 3 is 2.60 bits per heavy atom. The molecule has 1 aromatic heterocycles. The summed E-state index contributed by atoms with van der Waals surface area (Å²) in [6.45, 7) is 7.65. The third-order valence-electron chi connectivity index (χ3n) is 3.69. The van der Waals surface area contributed by atoms with E-state index in [1.807, 2.05) is 30.9 Å². The largest absolute Gasteiger partial charge is 0.343 e. The lowest BCUT2D eigenvalue weighted by atomic mass is 10.1. The standard InChI is InChI=1S/C17H22N2O/c1-4-19(5-2)16(20)12-11-15-10-9-14-8-6-7-13(3)17(14)18-15/h6-10H,4-5,11-12H2,1-3H3. The summed E-state index contributed by atoms with van der Waals surface area (Å²) in [5.74, 6) is 0.210. The lowest BCUT2D eigenvalue weighted by Crippen LogP contribution is -2.30. The normalized spacial score (nSPS) is 10.8. The molecular weight excluding hydrogens is 248 g/mol. The third kappa shape index (κ3) is 3.16. The fourth-order valence-electron chi connectivity index (χ4n) is 2.44. The molecule has 0 atom stereocenters. The molecule has 0 radical (unpaired) electrons. The Hall–Kier alpha value is -1.90. The molecule has 0 unspecified atom stereocenters. The first kappa shape index (κ1) is 14.5. The topological polar surface area (TPSA) is 33.2 Å². The maximum absolute atomic E-state index is 12.0. The van der Waals surface area contributed by atoms with Gasteiger partial charge in [-0.1, -0.05) is 24.3 Å². The highest BCUT2D eigenvalue weighted by molar-refractivity contribution is 5.82. The molecule has 0 aliphatic rings.